The van der Waals surface area contributed by atoms with Crippen LogP contribution < -0.4 is 15.5 Å². The molecule has 2 aromatic carbocycles. The molecule has 1 aliphatic rings. The van der Waals surface area contributed by atoms with Crippen LogP contribution in [-0.2, 0) is 22.5 Å². The second-order valence-electron chi connectivity index (χ2n) is 9.31. The Hall–Kier alpha value is -3.35. The number of hydrogen-bond acceptors (Lipinski definition) is 4. The molecule has 7 nitrogen and oxygen atoms in total. The van der Waals surface area contributed by atoms with E-state index in [1.165, 1.54) is 5.56 Å². The molecule has 0 unspecified atom stereocenters. The van der Waals surface area contributed by atoms with Crippen LogP contribution in [0.4, 0.5) is 10.5 Å². The number of para-hydroxylation sites is 1. The summed E-state index contributed by atoms with van der Waals surface area (Å²) in [4.78, 5) is 38.9. The number of aryl methyl sites for hydroxylation is 2. The number of anilines is 1. The smallest absolute Gasteiger partial charge is 0.325 e. The molecule has 0 aromatic heterocycles. The van der Waals surface area contributed by atoms with Crippen molar-refractivity contribution in [3.8, 4) is 0 Å². The van der Waals surface area contributed by atoms with E-state index < -0.39 is 17.6 Å². The molecule has 3 rings (SSSR count). The number of nitrogens with zero attached hydrogens (tertiary/aromatic N) is 1. The Labute approximate surface area is 195 Å². The van der Waals surface area contributed by atoms with E-state index in [0.29, 0.717) is 12.1 Å². The van der Waals surface area contributed by atoms with Gasteiger partial charge in [0.05, 0.1) is 0 Å². The Morgan fingerprint density at radius 3 is 2.52 bits per heavy atom. The molecule has 0 radical (unpaired) electrons. The van der Waals surface area contributed by atoms with Gasteiger partial charge in [0.25, 0.3) is 5.91 Å². The SMILES string of the molecule is Cc1cc(C(=O)N2CCCCc3ccccc32)ccc1CNC(=O)NCC(=O)OC(C)(C)C. The van der Waals surface area contributed by atoms with Crippen molar-refractivity contribution in [1.29, 1.82) is 0 Å². The second-order valence-corrected chi connectivity index (χ2v) is 9.31. The monoisotopic (exact) mass is 451 g/mol. The first kappa shape index (κ1) is 24.3. The van der Waals surface area contributed by atoms with Crippen molar-refractivity contribution in [3.63, 3.8) is 0 Å². The van der Waals surface area contributed by atoms with E-state index in [1.807, 2.05) is 42.2 Å². The highest BCUT2D eigenvalue weighted by atomic mass is 16.6. The van der Waals surface area contributed by atoms with Crippen LogP contribution in [-0.4, -0.2) is 36.6 Å². The molecule has 0 saturated carbocycles. The highest BCUT2D eigenvalue weighted by Crippen LogP contribution is 2.28. The highest BCUT2D eigenvalue weighted by molar-refractivity contribution is 6.06. The summed E-state index contributed by atoms with van der Waals surface area (Å²) in [5, 5.41) is 5.24. The van der Waals surface area contributed by atoms with Gasteiger partial charge in [0, 0.05) is 24.3 Å². The van der Waals surface area contributed by atoms with E-state index in [4.69, 9.17) is 4.74 Å². The minimum Gasteiger partial charge on any atom is -0.459 e. The van der Waals surface area contributed by atoms with Crippen LogP contribution in [0.1, 0.15) is 60.7 Å². The maximum atomic E-state index is 13.3. The maximum Gasteiger partial charge on any atom is 0.325 e. The number of carbonyl (C=O) groups excluding carboxylic acids is 3. The normalized spacial score (nSPS) is 13.5. The molecule has 0 saturated heterocycles. The van der Waals surface area contributed by atoms with Gasteiger partial charge in [-0.05, 0) is 81.8 Å². The van der Waals surface area contributed by atoms with Crippen LogP contribution in [0.5, 0.6) is 0 Å². The molecular weight excluding hydrogens is 418 g/mol. The molecule has 0 atom stereocenters. The zero-order chi connectivity index (χ0) is 24.0. The van der Waals surface area contributed by atoms with Crippen molar-refractivity contribution >= 4 is 23.6 Å². The third kappa shape index (κ3) is 6.81. The first-order valence-electron chi connectivity index (χ1n) is 11.4. The number of amides is 3. The average molecular weight is 452 g/mol. The lowest BCUT2D eigenvalue weighted by molar-refractivity contribution is -0.153. The predicted octanol–water partition coefficient (Wildman–Crippen LogP) is 4.12. The van der Waals surface area contributed by atoms with Crippen LogP contribution >= 0.6 is 0 Å². The molecule has 0 aliphatic carbocycles. The standard InChI is InChI=1S/C26H33N3O4/c1-18-15-20(24(31)29-14-8-7-10-19-9-5-6-11-22(19)29)12-13-21(18)16-27-25(32)28-17-23(30)33-26(2,3)4/h5-6,9,11-13,15H,7-8,10,14,16-17H2,1-4H3,(H2,27,28,32). The van der Waals surface area contributed by atoms with Gasteiger partial charge in [-0.1, -0.05) is 24.3 Å². The van der Waals surface area contributed by atoms with Gasteiger partial charge in [0.15, 0.2) is 0 Å². The predicted molar refractivity (Wildman–Crippen MR) is 128 cm³/mol. The Balaban J connectivity index is 1.59. The lowest BCUT2D eigenvalue weighted by Crippen LogP contribution is -2.40. The van der Waals surface area contributed by atoms with Gasteiger partial charge >= 0.3 is 12.0 Å². The molecule has 7 heteroatoms. The molecule has 2 N–H and O–H groups in total. The molecule has 1 heterocycles. The van der Waals surface area contributed by atoms with Crippen LogP contribution in [0.15, 0.2) is 42.5 Å². The van der Waals surface area contributed by atoms with E-state index >= 15 is 0 Å². The molecule has 1 aliphatic heterocycles. The number of carbonyl (C=O) groups is 3. The minimum absolute atomic E-state index is 0.0120. The summed E-state index contributed by atoms with van der Waals surface area (Å²) in [6, 6.07) is 13.2. The van der Waals surface area contributed by atoms with Crippen molar-refractivity contribution in [2.24, 2.45) is 0 Å². The number of benzene rings is 2. The molecule has 33 heavy (non-hydrogen) atoms. The number of hydrogen-bond donors (Lipinski definition) is 2. The second kappa shape index (κ2) is 10.5. The Kier molecular flexibility index (Phi) is 7.74. The van der Waals surface area contributed by atoms with Crippen molar-refractivity contribution in [2.45, 2.75) is 59.1 Å². The van der Waals surface area contributed by atoms with Gasteiger partial charge in [-0.3, -0.25) is 9.59 Å². The number of fused-ring (bicyclic) bond motifs is 1. The number of rotatable bonds is 5. The van der Waals surface area contributed by atoms with E-state index in [2.05, 4.69) is 16.7 Å². The van der Waals surface area contributed by atoms with E-state index in [1.54, 1.807) is 26.8 Å². The fraction of sp³-hybridized carbons (Fsp3) is 0.423. The number of ether oxygens (including phenoxy) is 1. The zero-order valence-corrected chi connectivity index (χ0v) is 19.9. The average Bonchev–Trinajstić information content (AvgIpc) is 2.97. The molecule has 0 bridgehead atoms. The van der Waals surface area contributed by atoms with Crippen LogP contribution in [0.2, 0.25) is 0 Å². The summed E-state index contributed by atoms with van der Waals surface area (Å²) in [6.45, 7) is 8.02. The third-order valence-corrected chi connectivity index (χ3v) is 5.45. The van der Waals surface area contributed by atoms with E-state index in [9.17, 15) is 14.4 Å². The van der Waals surface area contributed by atoms with E-state index in [0.717, 1.165) is 36.1 Å². The quantitative estimate of drug-likeness (QED) is 0.670. The van der Waals surface area contributed by atoms with Crippen molar-refractivity contribution < 1.29 is 19.1 Å². The van der Waals surface area contributed by atoms with Crippen molar-refractivity contribution in [1.82, 2.24) is 10.6 Å². The Morgan fingerprint density at radius 2 is 1.79 bits per heavy atom. The molecule has 0 spiro atoms. The summed E-state index contributed by atoms with van der Waals surface area (Å²) >= 11 is 0. The van der Waals surface area contributed by atoms with Crippen molar-refractivity contribution in [2.75, 3.05) is 18.0 Å². The first-order chi connectivity index (χ1) is 15.6. The van der Waals surface area contributed by atoms with Crippen LogP contribution in [0, 0.1) is 6.92 Å². The summed E-state index contributed by atoms with van der Waals surface area (Å²) in [5.74, 6) is -0.506. The molecular formula is C26H33N3O4. The minimum atomic E-state index is -0.596. The van der Waals surface area contributed by atoms with Gasteiger partial charge in [-0.15, -0.1) is 0 Å². The van der Waals surface area contributed by atoms with Crippen LogP contribution in [0.3, 0.4) is 0 Å². The Morgan fingerprint density at radius 1 is 1.03 bits per heavy atom. The number of esters is 1. The number of nitrogens with one attached hydrogen (secondary N) is 2. The summed E-state index contributed by atoms with van der Waals surface area (Å²) in [7, 11) is 0. The topological polar surface area (TPSA) is 87.7 Å². The highest BCUT2D eigenvalue weighted by Gasteiger charge is 2.22. The van der Waals surface area contributed by atoms with Gasteiger partial charge in [0.1, 0.15) is 12.1 Å². The fourth-order valence-electron chi connectivity index (χ4n) is 3.85. The third-order valence-electron chi connectivity index (χ3n) is 5.45. The fourth-order valence-corrected chi connectivity index (χ4v) is 3.85. The lowest BCUT2D eigenvalue weighted by atomic mass is 10.0. The van der Waals surface area contributed by atoms with Gasteiger partial charge in [-0.2, -0.15) is 0 Å². The van der Waals surface area contributed by atoms with Crippen molar-refractivity contribution in [3.05, 3.63) is 64.7 Å². The molecule has 3 amide bonds. The lowest BCUT2D eigenvalue weighted by Gasteiger charge is -2.23. The largest absolute Gasteiger partial charge is 0.459 e. The van der Waals surface area contributed by atoms with Gasteiger partial charge in [-0.25, -0.2) is 4.79 Å². The van der Waals surface area contributed by atoms with E-state index in [-0.39, 0.29) is 19.0 Å². The molecule has 176 valence electrons. The van der Waals surface area contributed by atoms with Gasteiger partial charge < -0.3 is 20.3 Å². The summed E-state index contributed by atoms with van der Waals surface area (Å²) < 4.78 is 5.17. The first-order valence-corrected chi connectivity index (χ1v) is 11.4. The van der Waals surface area contributed by atoms with Gasteiger partial charge in [0.2, 0.25) is 0 Å². The summed E-state index contributed by atoms with van der Waals surface area (Å²) in [5.41, 5.74) is 4.04. The Bertz CT molecular complexity index is 1030. The molecule has 2 aromatic rings. The summed E-state index contributed by atoms with van der Waals surface area (Å²) in [6.07, 6.45) is 3.03. The number of urea groups is 1. The zero-order valence-electron chi connectivity index (χ0n) is 19.9. The van der Waals surface area contributed by atoms with Crippen LogP contribution in [0.25, 0.3) is 0 Å². The maximum absolute atomic E-state index is 13.3. The molecule has 0 fully saturated rings.